The van der Waals surface area contributed by atoms with Crippen LogP contribution in [0.3, 0.4) is 0 Å². The summed E-state index contributed by atoms with van der Waals surface area (Å²) < 4.78 is 15.7. The van der Waals surface area contributed by atoms with Crippen LogP contribution in [0.5, 0.6) is 5.75 Å². The number of aromatic nitrogens is 1. The van der Waals surface area contributed by atoms with Crippen molar-refractivity contribution < 1.29 is 33.5 Å². The van der Waals surface area contributed by atoms with Gasteiger partial charge in [-0.25, -0.2) is 4.79 Å². The third-order valence-corrected chi connectivity index (χ3v) is 6.29. The van der Waals surface area contributed by atoms with Crippen LogP contribution in [0.1, 0.15) is 59.4 Å². The average Bonchev–Trinajstić information content (AvgIpc) is 2.89. The number of fused-ring (bicyclic) bond motifs is 1. The quantitative estimate of drug-likeness (QED) is 0.191. The van der Waals surface area contributed by atoms with E-state index in [9.17, 15) is 19.4 Å². The number of hydrogen-bond donors (Lipinski definition) is 4. The van der Waals surface area contributed by atoms with Crippen LogP contribution in [0.15, 0.2) is 30.5 Å². The van der Waals surface area contributed by atoms with Crippen LogP contribution in [0.25, 0.3) is 0 Å². The van der Waals surface area contributed by atoms with Gasteiger partial charge < -0.3 is 35.9 Å². The average molecular weight is 512 g/mol. The Labute approximate surface area is 216 Å². The molecular weight excluding hydrogens is 479 g/mol. The van der Waals surface area contributed by atoms with Crippen molar-refractivity contribution in [3.8, 4) is 5.75 Å². The number of ether oxygens (including phenoxy) is 2. The van der Waals surface area contributed by atoms with Crippen molar-refractivity contribution in [3.63, 3.8) is 0 Å². The Bertz CT molecular complexity index is 1130. The minimum absolute atomic E-state index is 0.0307. The second-order valence-corrected chi connectivity index (χ2v) is 8.74. The summed E-state index contributed by atoms with van der Waals surface area (Å²) in [4.78, 5) is 41.5. The molecular formula is C25H33BN4O7. The van der Waals surface area contributed by atoms with Crippen molar-refractivity contribution in [2.75, 3.05) is 6.79 Å². The monoisotopic (exact) mass is 512 g/mol. The molecule has 0 saturated heterocycles. The summed E-state index contributed by atoms with van der Waals surface area (Å²) in [5.74, 6) is -2.35. The highest BCUT2D eigenvalue weighted by Crippen LogP contribution is 2.30. The smallest absolute Gasteiger partial charge is 0.534 e. The zero-order valence-corrected chi connectivity index (χ0v) is 21.1. The summed E-state index contributed by atoms with van der Waals surface area (Å²) in [6.07, 6.45) is 3.09. The summed E-state index contributed by atoms with van der Waals surface area (Å²) in [5.41, 5.74) is 14.2. The van der Waals surface area contributed by atoms with Gasteiger partial charge in [-0.2, -0.15) is 0 Å². The lowest BCUT2D eigenvalue weighted by atomic mass is 9.72. The lowest BCUT2D eigenvalue weighted by Crippen LogP contribution is -2.53. The molecule has 0 spiro atoms. The van der Waals surface area contributed by atoms with Crippen molar-refractivity contribution in [1.29, 1.82) is 0 Å². The Morgan fingerprint density at radius 3 is 2.65 bits per heavy atom. The number of nitrogens with zero attached hydrogens (tertiary/aromatic N) is 1. The molecule has 37 heavy (non-hydrogen) atoms. The van der Waals surface area contributed by atoms with Gasteiger partial charge in [0.05, 0.1) is 24.0 Å². The largest absolute Gasteiger partial charge is 0.547 e. The van der Waals surface area contributed by atoms with Gasteiger partial charge in [0, 0.05) is 19.3 Å². The fourth-order valence-electron chi connectivity index (χ4n) is 4.16. The van der Waals surface area contributed by atoms with E-state index in [4.69, 9.17) is 25.6 Å². The number of esters is 2. The topological polar surface area (TPSA) is 176 Å². The normalized spacial score (nSPS) is 14.5. The molecule has 1 aromatic heterocycles. The van der Waals surface area contributed by atoms with Gasteiger partial charge in [0.25, 0.3) is 0 Å². The minimum Gasteiger partial charge on any atom is -0.534 e. The fraction of sp³-hybridized carbons (Fsp3) is 0.440. The number of para-hydroxylation sites is 1. The van der Waals surface area contributed by atoms with E-state index in [-0.39, 0.29) is 49.1 Å². The van der Waals surface area contributed by atoms with Gasteiger partial charge in [-0.1, -0.05) is 32.0 Å². The van der Waals surface area contributed by atoms with E-state index in [0.717, 1.165) is 5.56 Å². The summed E-state index contributed by atoms with van der Waals surface area (Å²) in [6, 6.07) is 6.65. The van der Waals surface area contributed by atoms with E-state index in [0.29, 0.717) is 29.7 Å². The summed E-state index contributed by atoms with van der Waals surface area (Å²) in [6.45, 7) is 3.75. The van der Waals surface area contributed by atoms with Crippen LogP contribution in [-0.4, -0.2) is 47.7 Å². The standard InChI is InChI=1S/C25H33BN4O7/c1-3-16(4-2)24(32)35-14-36-25(33)19-7-5-6-17-10-21(26(34)37-23(17)19)30-22(31)9-15-8-18(11-27)20(12-28)29-13-15/h5-8,13,16,21,34H,3-4,9-12,14,27-28H2,1-2H3,(H,30,31)/t21-/m0/s1. The fourth-order valence-corrected chi connectivity index (χ4v) is 4.16. The third kappa shape index (κ3) is 7.06. The van der Waals surface area contributed by atoms with Gasteiger partial charge in [0.2, 0.25) is 12.7 Å². The lowest BCUT2D eigenvalue weighted by Gasteiger charge is -2.29. The molecule has 0 unspecified atom stereocenters. The molecule has 1 aliphatic rings. The predicted molar refractivity (Wildman–Crippen MR) is 135 cm³/mol. The Morgan fingerprint density at radius 2 is 1.97 bits per heavy atom. The minimum atomic E-state index is -1.39. The highest BCUT2D eigenvalue weighted by Gasteiger charge is 2.38. The molecule has 1 atom stereocenters. The highest BCUT2D eigenvalue weighted by molar-refractivity contribution is 6.47. The third-order valence-electron chi connectivity index (χ3n) is 6.29. The molecule has 0 aliphatic carbocycles. The van der Waals surface area contributed by atoms with Crippen molar-refractivity contribution in [2.24, 2.45) is 17.4 Å². The van der Waals surface area contributed by atoms with Gasteiger partial charge in [0.15, 0.2) is 0 Å². The van der Waals surface area contributed by atoms with Crippen LogP contribution >= 0.6 is 0 Å². The number of nitrogens with one attached hydrogen (secondary N) is 1. The number of benzene rings is 1. The second kappa shape index (κ2) is 13.2. The van der Waals surface area contributed by atoms with Crippen molar-refractivity contribution in [2.45, 2.75) is 58.6 Å². The first-order valence-corrected chi connectivity index (χ1v) is 12.3. The Balaban J connectivity index is 1.61. The van der Waals surface area contributed by atoms with Crippen LogP contribution in [0.4, 0.5) is 0 Å². The van der Waals surface area contributed by atoms with E-state index in [1.54, 1.807) is 24.4 Å². The molecule has 0 fully saturated rings. The number of pyridine rings is 1. The second-order valence-electron chi connectivity index (χ2n) is 8.74. The van der Waals surface area contributed by atoms with Gasteiger partial charge in [-0.15, -0.1) is 0 Å². The van der Waals surface area contributed by atoms with Crippen molar-refractivity contribution in [3.05, 3.63) is 58.4 Å². The molecule has 2 aromatic rings. The Morgan fingerprint density at radius 1 is 1.22 bits per heavy atom. The van der Waals surface area contributed by atoms with Crippen molar-refractivity contribution >= 4 is 25.0 Å². The first-order chi connectivity index (χ1) is 17.8. The molecule has 1 amide bonds. The first-order valence-electron chi connectivity index (χ1n) is 12.3. The molecule has 0 saturated carbocycles. The number of amides is 1. The molecule has 0 radical (unpaired) electrons. The number of nitrogens with two attached hydrogens (primary N) is 2. The Hall–Kier alpha value is -3.48. The SMILES string of the molecule is CCC(CC)C(=O)OCOC(=O)c1cccc2c1OB(O)[C@@H](NC(=O)Cc1cnc(CN)c(CN)c1)C2. The molecule has 198 valence electrons. The van der Waals surface area contributed by atoms with Crippen LogP contribution < -0.4 is 21.4 Å². The number of carbonyl (C=O) groups excluding carboxylic acids is 3. The first kappa shape index (κ1) is 28.1. The zero-order chi connectivity index (χ0) is 26.9. The van der Waals surface area contributed by atoms with Gasteiger partial charge in [-0.3, -0.25) is 14.6 Å². The van der Waals surface area contributed by atoms with Crippen molar-refractivity contribution in [1.82, 2.24) is 10.3 Å². The maximum absolute atomic E-state index is 12.7. The summed E-state index contributed by atoms with van der Waals surface area (Å²) >= 11 is 0. The van der Waals surface area contributed by atoms with Crippen LogP contribution in [-0.2, 0) is 45.0 Å². The molecule has 3 rings (SSSR count). The van der Waals surface area contributed by atoms with E-state index < -0.39 is 31.8 Å². The molecule has 1 aromatic carbocycles. The highest BCUT2D eigenvalue weighted by atomic mass is 16.7. The van der Waals surface area contributed by atoms with Gasteiger partial charge in [0.1, 0.15) is 11.3 Å². The van der Waals surface area contributed by atoms with E-state index in [1.807, 2.05) is 13.8 Å². The number of rotatable bonds is 11. The van der Waals surface area contributed by atoms with Gasteiger partial charge >= 0.3 is 19.1 Å². The maximum Gasteiger partial charge on any atom is 0.547 e. The molecule has 12 heteroatoms. The summed E-state index contributed by atoms with van der Waals surface area (Å²) in [7, 11) is -1.39. The molecule has 0 bridgehead atoms. The van der Waals surface area contributed by atoms with E-state index in [2.05, 4.69) is 10.3 Å². The molecule has 2 heterocycles. The zero-order valence-electron chi connectivity index (χ0n) is 21.1. The van der Waals surface area contributed by atoms with E-state index in [1.165, 1.54) is 6.07 Å². The molecule has 11 nitrogen and oxygen atoms in total. The van der Waals surface area contributed by atoms with Gasteiger partial charge in [-0.05, 0) is 42.0 Å². The Kier molecular flexibility index (Phi) is 10.0. The molecule has 1 aliphatic heterocycles. The predicted octanol–water partition coefficient (Wildman–Crippen LogP) is 0.775. The lowest BCUT2D eigenvalue weighted by molar-refractivity contribution is -0.157. The molecule has 6 N–H and O–H groups in total. The number of hydrogen-bond acceptors (Lipinski definition) is 10. The number of carbonyl (C=O) groups is 3. The summed E-state index contributed by atoms with van der Waals surface area (Å²) in [5, 5.41) is 13.3. The maximum atomic E-state index is 12.7. The van der Waals surface area contributed by atoms with Crippen LogP contribution in [0, 0.1) is 5.92 Å². The van der Waals surface area contributed by atoms with E-state index >= 15 is 0 Å². The van der Waals surface area contributed by atoms with Crippen LogP contribution in [0.2, 0.25) is 0 Å².